The average molecular weight is 370 g/mol. The third-order valence-corrected chi connectivity index (χ3v) is 4.82. The summed E-state index contributed by atoms with van der Waals surface area (Å²) in [6.45, 7) is 1.84. The summed E-state index contributed by atoms with van der Waals surface area (Å²) >= 11 is 18.6. The lowest BCUT2D eigenvalue weighted by atomic mass is 10.3. The predicted octanol–water partition coefficient (Wildman–Crippen LogP) is 5.30. The summed E-state index contributed by atoms with van der Waals surface area (Å²) in [7, 11) is 0. The maximum Gasteiger partial charge on any atom is 0.270 e. The molecule has 0 bridgehead atoms. The van der Waals surface area contributed by atoms with E-state index in [1.54, 1.807) is 30.3 Å². The average Bonchev–Trinajstić information content (AvgIpc) is 2.96. The molecule has 1 fully saturated rings. The zero-order chi connectivity index (χ0) is 15.9. The van der Waals surface area contributed by atoms with Crippen molar-refractivity contribution >= 4 is 69.2 Å². The maximum absolute atomic E-state index is 12.6. The summed E-state index contributed by atoms with van der Waals surface area (Å²) < 4.78 is 5.88. The normalized spacial score (nSPS) is 16.9. The first-order valence-corrected chi connectivity index (χ1v) is 8.23. The second-order valence-electron chi connectivity index (χ2n) is 4.56. The first kappa shape index (κ1) is 15.6. The molecule has 3 rings (SSSR count). The van der Waals surface area contributed by atoms with E-state index in [9.17, 15) is 4.79 Å². The molecule has 1 amide bonds. The minimum absolute atomic E-state index is 0.228. The zero-order valence-corrected chi connectivity index (χ0v) is 14.4. The van der Waals surface area contributed by atoms with E-state index in [0.717, 1.165) is 5.76 Å². The monoisotopic (exact) mass is 369 g/mol. The number of carbonyl (C=O) groups is 1. The Kier molecular flexibility index (Phi) is 4.32. The van der Waals surface area contributed by atoms with Crippen LogP contribution in [0.4, 0.5) is 5.69 Å². The third kappa shape index (κ3) is 2.94. The maximum atomic E-state index is 12.6. The molecule has 2 heterocycles. The number of carbonyl (C=O) groups excluding carboxylic acids is 1. The Hall–Kier alpha value is -1.27. The van der Waals surface area contributed by atoms with Crippen molar-refractivity contribution in [3.05, 3.63) is 56.8 Å². The number of thiocarbonyl (C=S) groups is 1. The van der Waals surface area contributed by atoms with Crippen LogP contribution in [0.15, 0.2) is 39.7 Å². The van der Waals surface area contributed by atoms with Crippen molar-refractivity contribution in [3.63, 3.8) is 0 Å². The van der Waals surface area contributed by atoms with Crippen LogP contribution in [0.25, 0.3) is 6.08 Å². The van der Waals surface area contributed by atoms with Crippen molar-refractivity contribution in [2.24, 2.45) is 0 Å². The van der Waals surface area contributed by atoms with Gasteiger partial charge in [0.2, 0.25) is 0 Å². The fourth-order valence-electron chi connectivity index (χ4n) is 2.00. The Morgan fingerprint density at radius 1 is 1.27 bits per heavy atom. The fourth-order valence-corrected chi connectivity index (χ4v) is 3.76. The van der Waals surface area contributed by atoms with Crippen LogP contribution in [0.2, 0.25) is 10.0 Å². The number of aryl methyl sites for hydroxylation is 1. The molecule has 0 spiro atoms. The Balaban J connectivity index is 1.96. The number of hydrogen-bond acceptors (Lipinski definition) is 4. The Bertz CT molecular complexity index is 814. The number of anilines is 1. The van der Waals surface area contributed by atoms with Crippen LogP contribution in [0.3, 0.4) is 0 Å². The first-order valence-electron chi connectivity index (χ1n) is 6.25. The molecule has 0 N–H and O–H groups in total. The second kappa shape index (κ2) is 6.08. The van der Waals surface area contributed by atoms with E-state index in [1.165, 1.54) is 16.7 Å². The Morgan fingerprint density at radius 3 is 2.68 bits per heavy atom. The lowest BCUT2D eigenvalue weighted by molar-refractivity contribution is -0.113. The van der Waals surface area contributed by atoms with Gasteiger partial charge in [0.1, 0.15) is 11.5 Å². The summed E-state index contributed by atoms with van der Waals surface area (Å²) in [5.41, 5.74) is 0.521. The number of furan rings is 1. The zero-order valence-electron chi connectivity index (χ0n) is 11.3. The molecule has 1 aliphatic rings. The molecule has 0 atom stereocenters. The van der Waals surface area contributed by atoms with Crippen LogP contribution in [0.1, 0.15) is 11.5 Å². The summed E-state index contributed by atoms with van der Waals surface area (Å²) in [4.78, 5) is 14.5. The van der Waals surface area contributed by atoms with Crippen LogP contribution < -0.4 is 4.90 Å². The number of thioether (sulfide) groups is 1. The van der Waals surface area contributed by atoms with Gasteiger partial charge in [-0.25, -0.2) is 0 Å². The van der Waals surface area contributed by atoms with Crippen molar-refractivity contribution in [1.29, 1.82) is 0 Å². The van der Waals surface area contributed by atoms with E-state index in [1.807, 2.05) is 13.0 Å². The van der Waals surface area contributed by atoms with Gasteiger partial charge in [0, 0.05) is 11.1 Å². The molecule has 1 aliphatic heterocycles. The van der Waals surface area contributed by atoms with Crippen molar-refractivity contribution < 1.29 is 9.21 Å². The van der Waals surface area contributed by atoms with Gasteiger partial charge >= 0.3 is 0 Å². The largest absolute Gasteiger partial charge is 0.462 e. The van der Waals surface area contributed by atoms with Gasteiger partial charge in [0.15, 0.2) is 4.32 Å². The molecule has 1 saturated heterocycles. The molecule has 112 valence electrons. The lowest BCUT2D eigenvalue weighted by Crippen LogP contribution is -2.27. The van der Waals surface area contributed by atoms with Crippen LogP contribution in [-0.4, -0.2) is 10.2 Å². The molecule has 0 unspecified atom stereocenters. The van der Waals surface area contributed by atoms with E-state index in [-0.39, 0.29) is 5.91 Å². The predicted molar refractivity (Wildman–Crippen MR) is 95.6 cm³/mol. The standard InChI is InChI=1S/C15H9Cl2NO2S2/c1-8-2-4-10(20-8)7-13-14(19)18(15(21)22-13)12-5-3-9(16)6-11(12)17/h2-7H,1H3/b13-7-. The highest BCUT2D eigenvalue weighted by molar-refractivity contribution is 8.27. The minimum Gasteiger partial charge on any atom is -0.462 e. The van der Waals surface area contributed by atoms with Gasteiger partial charge in [0.05, 0.1) is 15.6 Å². The molecule has 1 aromatic heterocycles. The van der Waals surface area contributed by atoms with Crippen molar-refractivity contribution in [2.75, 3.05) is 4.90 Å². The number of benzene rings is 1. The lowest BCUT2D eigenvalue weighted by Gasteiger charge is -2.16. The summed E-state index contributed by atoms with van der Waals surface area (Å²) in [6, 6.07) is 8.56. The van der Waals surface area contributed by atoms with E-state index in [2.05, 4.69) is 0 Å². The molecular weight excluding hydrogens is 361 g/mol. The molecule has 0 saturated carbocycles. The summed E-state index contributed by atoms with van der Waals surface area (Å²) in [6.07, 6.45) is 1.68. The topological polar surface area (TPSA) is 33.5 Å². The Morgan fingerprint density at radius 2 is 2.05 bits per heavy atom. The van der Waals surface area contributed by atoms with Crippen LogP contribution >= 0.6 is 47.2 Å². The molecular formula is C15H9Cl2NO2S2. The molecule has 0 radical (unpaired) electrons. The molecule has 22 heavy (non-hydrogen) atoms. The smallest absolute Gasteiger partial charge is 0.270 e. The van der Waals surface area contributed by atoms with E-state index in [0.29, 0.717) is 30.7 Å². The number of rotatable bonds is 2. The highest BCUT2D eigenvalue weighted by atomic mass is 35.5. The van der Waals surface area contributed by atoms with Gasteiger partial charge in [-0.05, 0) is 37.3 Å². The highest BCUT2D eigenvalue weighted by Gasteiger charge is 2.34. The van der Waals surface area contributed by atoms with E-state index >= 15 is 0 Å². The molecule has 3 nitrogen and oxygen atoms in total. The van der Waals surface area contributed by atoms with Gasteiger partial charge in [0.25, 0.3) is 5.91 Å². The summed E-state index contributed by atoms with van der Waals surface area (Å²) in [5, 5.41) is 0.875. The van der Waals surface area contributed by atoms with E-state index in [4.69, 9.17) is 39.8 Å². The van der Waals surface area contributed by atoms with Gasteiger partial charge in [-0.3, -0.25) is 9.69 Å². The SMILES string of the molecule is Cc1ccc(/C=C2\SC(=S)N(c3ccc(Cl)cc3Cl)C2=O)o1. The van der Waals surface area contributed by atoms with Gasteiger partial charge in [-0.1, -0.05) is 47.2 Å². The van der Waals surface area contributed by atoms with Crippen molar-refractivity contribution in [3.8, 4) is 0 Å². The number of nitrogens with zero attached hydrogens (tertiary/aromatic N) is 1. The fraction of sp³-hybridized carbons (Fsp3) is 0.0667. The number of amides is 1. The number of hydrogen-bond donors (Lipinski definition) is 0. The van der Waals surface area contributed by atoms with Crippen molar-refractivity contribution in [2.45, 2.75) is 6.92 Å². The molecule has 7 heteroatoms. The summed E-state index contributed by atoms with van der Waals surface area (Å²) in [5.74, 6) is 1.16. The van der Waals surface area contributed by atoms with Gasteiger partial charge < -0.3 is 4.42 Å². The highest BCUT2D eigenvalue weighted by Crippen LogP contribution is 2.39. The van der Waals surface area contributed by atoms with Crippen molar-refractivity contribution in [1.82, 2.24) is 0 Å². The van der Waals surface area contributed by atoms with Crippen LogP contribution in [0.5, 0.6) is 0 Å². The molecule has 1 aromatic carbocycles. The minimum atomic E-state index is -0.228. The third-order valence-electron chi connectivity index (χ3n) is 2.98. The number of halogens is 2. The Labute approximate surface area is 146 Å². The van der Waals surface area contributed by atoms with E-state index < -0.39 is 0 Å². The van der Waals surface area contributed by atoms with Crippen LogP contribution in [0, 0.1) is 6.92 Å². The van der Waals surface area contributed by atoms with Gasteiger partial charge in [-0.15, -0.1) is 0 Å². The quantitative estimate of drug-likeness (QED) is 0.531. The van der Waals surface area contributed by atoms with Gasteiger partial charge in [-0.2, -0.15) is 0 Å². The molecule has 0 aliphatic carbocycles. The second-order valence-corrected chi connectivity index (χ2v) is 7.08. The molecule has 2 aromatic rings. The van der Waals surface area contributed by atoms with Crippen LogP contribution in [-0.2, 0) is 4.79 Å². The first-order chi connectivity index (χ1) is 10.5.